The van der Waals surface area contributed by atoms with E-state index < -0.39 is 9.76 Å². The molecule has 0 spiro atoms. The molecule has 4 heterocycles. The van der Waals surface area contributed by atoms with Crippen LogP contribution in [0.2, 0.25) is 0 Å². The molecule has 0 N–H and O–H groups in total. The van der Waals surface area contributed by atoms with Crippen LogP contribution in [0, 0.1) is 13.8 Å². The fourth-order valence-corrected chi connectivity index (χ4v) is 4.59. The molecule has 0 fully saturated rings. The number of furan rings is 1. The van der Waals surface area contributed by atoms with Crippen molar-refractivity contribution in [1.82, 2.24) is 3.79 Å². The van der Waals surface area contributed by atoms with Crippen LogP contribution >= 0.6 is 46.5 Å². The second-order valence-electron chi connectivity index (χ2n) is 7.26. The van der Waals surface area contributed by atoms with Gasteiger partial charge in [0.15, 0.2) is 5.69 Å². The lowest BCUT2D eigenvalue weighted by molar-refractivity contribution is -0.522. The zero-order chi connectivity index (χ0) is 22.2. The standard InChI is InChI=1S/C22H20Cl3N2O3S/c1-14-11-17(6-9-19-8-3-15(2)30-19)27-20(14)12-18-5-4-16(26(18)31-27)7-10-21(28)29-13-22(23,24)25/h3-6,8-9,11-12H,7,10,13H2,1-2H3/q+1. The molecule has 0 atom stereocenters. The number of aryl methyl sites for hydroxylation is 3. The van der Waals surface area contributed by atoms with Gasteiger partial charge in [-0.1, -0.05) is 34.8 Å². The number of carbonyl (C=O) groups is 1. The predicted octanol–water partition coefficient (Wildman–Crippen LogP) is 5.94. The van der Waals surface area contributed by atoms with Crippen molar-refractivity contribution in [1.29, 1.82) is 0 Å². The van der Waals surface area contributed by atoms with E-state index in [9.17, 15) is 4.79 Å². The highest BCUT2D eigenvalue weighted by atomic mass is 35.6. The number of rotatable bonds is 6. The second kappa shape index (κ2) is 8.87. The molecule has 0 aliphatic carbocycles. The molecule has 0 amide bonds. The van der Waals surface area contributed by atoms with Gasteiger partial charge in [-0.2, -0.15) is 0 Å². The monoisotopic (exact) mass is 497 g/mol. The molecular weight excluding hydrogens is 479 g/mol. The quantitative estimate of drug-likeness (QED) is 0.188. The molecule has 162 valence electrons. The minimum absolute atomic E-state index is 0.201. The first-order valence-corrected chi connectivity index (χ1v) is 11.5. The highest BCUT2D eigenvalue weighted by Gasteiger charge is 2.24. The van der Waals surface area contributed by atoms with Crippen LogP contribution in [0.3, 0.4) is 0 Å². The predicted molar refractivity (Wildman–Crippen MR) is 125 cm³/mol. The number of carbonyl (C=O) groups excluding carboxylic acids is 1. The third kappa shape index (κ3) is 5.26. The molecule has 5 nitrogen and oxygen atoms in total. The van der Waals surface area contributed by atoms with Crippen molar-refractivity contribution in [2.24, 2.45) is 0 Å². The maximum atomic E-state index is 12.0. The Hall–Kier alpha value is -1.99. The molecule has 2 aliphatic rings. The summed E-state index contributed by atoms with van der Waals surface area (Å²) in [5.41, 5.74) is 5.46. The van der Waals surface area contributed by atoms with Crippen molar-refractivity contribution >= 4 is 70.2 Å². The Morgan fingerprint density at radius 3 is 2.71 bits per heavy atom. The SMILES string of the molecule is Cc1ccc(C=Cc2cc(C)c3cc4ccc(CCC(=O)OCC(Cl)(Cl)Cl)n4s[n+]2-3)o1. The molecular formula is C22H20Cl3N2O3S+. The number of ether oxygens (including phenoxy) is 1. The smallest absolute Gasteiger partial charge is 0.306 e. The molecule has 0 aromatic carbocycles. The van der Waals surface area contributed by atoms with Crippen LogP contribution in [-0.2, 0) is 16.0 Å². The van der Waals surface area contributed by atoms with E-state index in [1.54, 1.807) is 11.7 Å². The number of esters is 1. The van der Waals surface area contributed by atoms with Crippen molar-refractivity contribution < 1.29 is 17.9 Å². The van der Waals surface area contributed by atoms with Gasteiger partial charge in [-0.25, -0.2) is 0 Å². The van der Waals surface area contributed by atoms with Gasteiger partial charge in [0.05, 0.1) is 6.42 Å². The van der Waals surface area contributed by atoms with E-state index in [1.807, 2.05) is 43.3 Å². The molecule has 4 rings (SSSR count). The molecule has 0 unspecified atom stereocenters. The summed E-state index contributed by atoms with van der Waals surface area (Å²) in [6.07, 6.45) is 4.72. The average molecular weight is 499 g/mol. The van der Waals surface area contributed by atoms with Gasteiger partial charge in [0, 0.05) is 18.1 Å². The van der Waals surface area contributed by atoms with Crippen molar-refractivity contribution in [3.05, 3.63) is 64.9 Å². The zero-order valence-corrected chi connectivity index (χ0v) is 20.0. The summed E-state index contributed by atoms with van der Waals surface area (Å²) in [5.74, 6) is 1.29. The van der Waals surface area contributed by atoms with E-state index in [1.165, 1.54) is 5.56 Å². The fourth-order valence-electron chi connectivity index (χ4n) is 3.30. The first kappa shape index (κ1) is 22.2. The highest BCUT2D eigenvalue weighted by molar-refractivity contribution is 6.96. The van der Waals surface area contributed by atoms with Crippen LogP contribution in [0.5, 0.6) is 0 Å². The Morgan fingerprint density at radius 2 is 2.00 bits per heavy atom. The first-order valence-electron chi connectivity index (χ1n) is 9.63. The summed E-state index contributed by atoms with van der Waals surface area (Å²) >= 11 is 18.5. The molecule has 0 saturated heterocycles. The summed E-state index contributed by atoms with van der Waals surface area (Å²) in [5, 5.41) is 0. The Balaban J connectivity index is 1.58. The Morgan fingerprint density at radius 1 is 1.19 bits per heavy atom. The number of hydrogen-bond acceptors (Lipinski definition) is 4. The minimum Gasteiger partial charge on any atom is -0.462 e. The van der Waals surface area contributed by atoms with Gasteiger partial charge in [-0.15, -0.1) is 7.75 Å². The summed E-state index contributed by atoms with van der Waals surface area (Å²) in [7, 11) is 0. The van der Waals surface area contributed by atoms with E-state index in [2.05, 4.69) is 26.8 Å². The van der Waals surface area contributed by atoms with Crippen LogP contribution in [0.1, 0.15) is 34.9 Å². The summed E-state index contributed by atoms with van der Waals surface area (Å²) < 4.78 is 13.3. The van der Waals surface area contributed by atoms with Gasteiger partial charge < -0.3 is 9.15 Å². The van der Waals surface area contributed by atoms with Crippen LogP contribution in [0.4, 0.5) is 0 Å². The van der Waals surface area contributed by atoms with Gasteiger partial charge in [-0.3, -0.25) is 4.79 Å². The van der Waals surface area contributed by atoms with Crippen molar-refractivity contribution in [2.45, 2.75) is 30.5 Å². The topological polar surface area (TPSA) is 47.7 Å². The van der Waals surface area contributed by atoms with Gasteiger partial charge >= 0.3 is 5.97 Å². The summed E-state index contributed by atoms with van der Waals surface area (Å²) in [6.45, 7) is 3.76. The van der Waals surface area contributed by atoms with Gasteiger partial charge in [0.2, 0.25) is 15.5 Å². The summed E-state index contributed by atoms with van der Waals surface area (Å²) in [4.78, 5) is 12.0. The van der Waals surface area contributed by atoms with Gasteiger partial charge in [0.1, 0.15) is 35.0 Å². The lowest BCUT2D eigenvalue weighted by atomic mass is 10.2. The normalized spacial score (nSPS) is 12.4. The van der Waals surface area contributed by atoms with Crippen molar-refractivity contribution in [3.63, 3.8) is 0 Å². The van der Waals surface area contributed by atoms with E-state index in [-0.39, 0.29) is 13.0 Å². The lowest BCUT2D eigenvalue weighted by Crippen LogP contribution is -2.29. The number of alkyl halides is 3. The maximum Gasteiger partial charge on any atom is 0.306 e. The average Bonchev–Trinajstić information content (AvgIpc) is 3.39. The van der Waals surface area contributed by atoms with Crippen LogP contribution in [0.25, 0.3) is 23.4 Å². The molecule has 9 heteroatoms. The number of nitrogens with zero attached hydrogens (tertiary/aromatic N) is 2. The third-order valence-corrected chi connectivity index (χ3v) is 6.28. The van der Waals surface area contributed by atoms with Crippen molar-refractivity contribution in [2.75, 3.05) is 6.61 Å². The van der Waals surface area contributed by atoms with Crippen LogP contribution in [-0.4, -0.2) is 20.2 Å². The number of halogens is 3. The molecule has 31 heavy (non-hydrogen) atoms. The second-order valence-corrected chi connectivity index (χ2v) is 10.7. The minimum atomic E-state index is -1.60. The largest absolute Gasteiger partial charge is 0.462 e. The number of hydrogen-bond donors (Lipinski definition) is 0. The van der Waals surface area contributed by atoms with Crippen LogP contribution in [0.15, 0.2) is 40.8 Å². The molecule has 2 aromatic rings. The maximum absolute atomic E-state index is 12.0. The van der Waals surface area contributed by atoms with E-state index >= 15 is 0 Å². The fraction of sp³-hybridized carbons (Fsp3) is 0.273. The molecule has 0 saturated carbocycles. The Kier molecular flexibility index (Phi) is 6.35. The molecule has 0 radical (unpaired) electrons. The van der Waals surface area contributed by atoms with E-state index in [4.69, 9.17) is 44.0 Å². The Bertz CT molecular complexity index is 1230. The highest BCUT2D eigenvalue weighted by Crippen LogP contribution is 2.26. The number of aromatic nitrogens is 2. The molecule has 2 aliphatic heterocycles. The van der Waals surface area contributed by atoms with Gasteiger partial charge in [0.25, 0.3) is 0 Å². The van der Waals surface area contributed by atoms with Crippen LogP contribution < -0.4 is 3.96 Å². The van der Waals surface area contributed by atoms with E-state index in [0.717, 1.165) is 34.1 Å². The Labute approximate surface area is 199 Å². The third-order valence-electron chi connectivity index (χ3n) is 4.77. The zero-order valence-electron chi connectivity index (χ0n) is 16.9. The summed E-state index contributed by atoms with van der Waals surface area (Å²) in [6, 6.07) is 12.2. The van der Waals surface area contributed by atoms with Gasteiger partial charge in [-0.05, 0) is 56.3 Å². The molecule has 2 aromatic heterocycles. The lowest BCUT2D eigenvalue weighted by Gasteiger charge is -2.10. The molecule has 0 bridgehead atoms. The van der Waals surface area contributed by atoms with E-state index in [0.29, 0.717) is 6.42 Å². The van der Waals surface area contributed by atoms with Crippen molar-refractivity contribution in [3.8, 4) is 5.69 Å². The first-order chi connectivity index (χ1) is 14.7. The number of fused-ring (bicyclic) bond motifs is 2.